The highest BCUT2D eigenvalue weighted by molar-refractivity contribution is 8.13. The Kier molecular flexibility index (Phi) is 4.06. The van der Waals surface area contributed by atoms with Crippen molar-refractivity contribution >= 4 is 33.8 Å². The Hall–Kier alpha value is -2.02. The number of amidine groups is 1. The third-order valence-electron chi connectivity index (χ3n) is 2.61. The van der Waals surface area contributed by atoms with Crippen molar-refractivity contribution in [2.45, 2.75) is 19.2 Å². The van der Waals surface area contributed by atoms with Gasteiger partial charge in [0.2, 0.25) is 0 Å². The predicted molar refractivity (Wildman–Crippen MR) is 80.2 cm³/mol. The first kappa shape index (κ1) is 13.4. The zero-order chi connectivity index (χ0) is 13.8. The highest BCUT2D eigenvalue weighted by Crippen LogP contribution is 2.22. The van der Waals surface area contributed by atoms with Crippen molar-refractivity contribution < 1.29 is 0 Å². The highest BCUT2D eigenvalue weighted by atomic mass is 32.2. The van der Waals surface area contributed by atoms with E-state index in [4.69, 9.17) is 16.9 Å². The van der Waals surface area contributed by atoms with Crippen molar-refractivity contribution in [3.8, 4) is 0 Å². The number of para-hydroxylation sites is 1. The molecule has 0 saturated heterocycles. The van der Waals surface area contributed by atoms with Gasteiger partial charge in [0.25, 0.3) is 0 Å². The van der Waals surface area contributed by atoms with Crippen LogP contribution in [0.5, 0.6) is 0 Å². The van der Waals surface area contributed by atoms with Gasteiger partial charge >= 0.3 is 0 Å². The molecule has 0 atom stereocenters. The van der Waals surface area contributed by atoms with Gasteiger partial charge in [0.1, 0.15) is 0 Å². The summed E-state index contributed by atoms with van der Waals surface area (Å²) in [5, 5.41) is 13.4. The third-order valence-corrected chi connectivity index (χ3v) is 3.39. The Labute approximate surface area is 115 Å². The lowest BCUT2D eigenvalue weighted by Crippen LogP contribution is -2.23. The van der Waals surface area contributed by atoms with Gasteiger partial charge in [-0.25, -0.2) is 0 Å². The van der Waals surface area contributed by atoms with Crippen molar-refractivity contribution in [3.63, 3.8) is 0 Å². The lowest BCUT2D eigenvalue weighted by atomic mass is 10.2. The number of rotatable bonds is 3. The maximum atomic E-state index is 7.61. The van der Waals surface area contributed by atoms with E-state index in [9.17, 15) is 0 Å². The number of hydrogen-bond donors (Lipinski definition) is 3. The van der Waals surface area contributed by atoms with E-state index in [2.05, 4.69) is 17.0 Å². The van der Waals surface area contributed by atoms with Gasteiger partial charge in [-0.15, -0.1) is 0 Å². The number of fused-ring (bicyclic) bond motifs is 1. The normalized spacial score (nSPS) is 10.6. The second-order valence-electron chi connectivity index (χ2n) is 3.91. The molecule has 6 nitrogen and oxygen atoms in total. The number of aromatic nitrogens is 2. The Balaban J connectivity index is 2.22. The Morgan fingerprint density at radius 3 is 2.84 bits per heavy atom. The summed E-state index contributed by atoms with van der Waals surface area (Å²) in [6.07, 6.45) is 0. The summed E-state index contributed by atoms with van der Waals surface area (Å²) < 4.78 is 1.95. The standard InChI is InChI=1S/C12H16N6S/c1-2-18-10-6-4-3-5-8(10)9(17-18)7-19-12(15)16-11(13)14/h3-6H,2,7H2,1H3,(H5,13,14,15,16). The van der Waals surface area contributed by atoms with Crippen molar-refractivity contribution in [1.29, 1.82) is 5.41 Å². The summed E-state index contributed by atoms with van der Waals surface area (Å²) in [5.41, 5.74) is 12.5. The summed E-state index contributed by atoms with van der Waals surface area (Å²) >= 11 is 1.26. The number of nitrogens with one attached hydrogen (secondary N) is 1. The largest absolute Gasteiger partial charge is 0.370 e. The summed E-state index contributed by atoms with van der Waals surface area (Å²) in [5.74, 6) is 0.477. The van der Waals surface area contributed by atoms with Gasteiger partial charge < -0.3 is 11.5 Å². The van der Waals surface area contributed by atoms with Gasteiger partial charge in [-0.1, -0.05) is 30.0 Å². The van der Waals surface area contributed by atoms with Crippen molar-refractivity contribution in [3.05, 3.63) is 30.0 Å². The third kappa shape index (κ3) is 3.05. The molecule has 0 aliphatic heterocycles. The number of nitrogens with zero attached hydrogens (tertiary/aromatic N) is 3. The van der Waals surface area contributed by atoms with E-state index in [-0.39, 0.29) is 11.1 Å². The molecule has 1 heterocycles. The minimum Gasteiger partial charge on any atom is -0.370 e. The molecule has 0 fully saturated rings. The Bertz CT molecular complexity index is 626. The molecule has 0 radical (unpaired) electrons. The molecule has 2 rings (SSSR count). The van der Waals surface area contributed by atoms with Crippen LogP contribution in [0.3, 0.4) is 0 Å². The average molecular weight is 276 g/mol. The van der Waals surface area contributed by atoms with E-state index in [0.717, 1.165) is 23.1 Å². The quantitative estimate of drug-likeness (QED) is 0.583. The van der Waals surface area contributed by atoms with E-state index >= 15 is 0 Å². The zero-order valence-corrected chi connectivity index (χ0v) is 11.4. The molecule has 7 heteroatoms. The van der Waals surface area contributed by atoms with Crippen LogP contribution in [-0.4, -0.2) is 20.9 Å². The summed E-state index contributed by atoms with van der Waals surface area (Å²) in [4.78, 5) is 3.68. The van der Waals surface area contributed by atoms with Gasteiger partial charge in [0, 0.05) is 17.7 Å². The number of hydrogen-bond acceptors (Lipinski definition) is 3. The summed E-state index contributed by atoms with van der Waals surface area (Å²) in [6, 6.07) is 8.06. The number of guanidine groups is 1. The van der Waals surface area contributed by atoms with Crippen LogP contribution in [0.2, 0.25) is 0 Å². The lowest BCUT2D eigenvalue weighted by Gasteiger charge is -1.97. The molecule has 100 valence electrons. The van der Waals surface area contributed by atoms with Crippen molar-refractivity contribution in [2.24, 2.45) is 16.5 Å². The number of aliphatic imine (C=N–C) groups is 1. The van der Waals surface area contributed by atoms with Gasteiger partial charge in [0.15, 0.2) is 11.1 Å². The topological polar surface area (TPSA) is 106 Å². The van der Waals surface area contributed by atoms with Crippen LogP contribution in [0, 0.1) is 5.41 Å². The molecule has 19 heavy (non-hydrogen) atoms. The molecule has 0 spiro atoms. The minimum absolute atomic E-state index is 0.0927. The number of thioether (sulfide) groups is 1. The molecule has 1 aromatic carbocycles. The molecular formula is C12H16N6S. The second kappa shape index (κ2) is 5.75. The van der Waals surface area contributed by atoms with Crippen LogP contribution in [0.25, 0.3) is 10.9 Å². The van der Waals surface area contributed by atoms with E-state index in [0.29, 0.717) is 5.75 Å². The van der Waals surface area contributed by atoms with Gasteiger partial charge in [-0.2, -0.15) is 10.1 Å². The highest BCUT2D eigenvalue weighted by Gasteiger charge is 2.09. The fourth-order valence-corrected chi connectivity index (χ4v) is 2.49. The molecular weight excluding hydrogens is 260 g/mol. The number of benzene rings is 1. The molecule has 0 aliphatic carbocycles. The maximum Gasteiger partial charge on any atom is 0.193 e. The van der Waals surface area contributed by atoms with Gasteiger partial charge in [-0.05, 0) is 13.0 Å². The van der Waals surface area contributed by atoms with Crippen LogP contribution in [0.4, 0.5) is 0 Å². The van der Waals surface area contributed by atoms with E-state index in [1.807, 2.05) is 28.9 Å². The van der Waals surface area contributed by atoms with E-state index < -0.39 is 0 Å². The first-order valence-electron chi connectivity index (χ1n) is 5.87. The smallest absolute Gasteiger partial charge is 0.193 e. The Morgan fingerprint density at radius 1 is 1.42 bits per heavy atom. The molecule has 0 bridgehead atoms. The number of aryl methyl sites for hydroxylation is 1. The van der Waals surface area contributed by atoms with E-state index in [1.165, 1.54) is 11.8 Å². The molecule has 1 aromatic heterocycles. The Morgan fingerprint density at radius 2 is 2.16 bits per heavy atom. The molecule has 0 aliphatic rings. The van der Waals surface area contributed by atoms with Crippen molar-refractivity contribution in [1.82, 2.24) is 9.78 Å². The summed E-state index contributed by atoms with van der Waals surface area (Å²) in [7, 11) is 0. The first-order valence-corrected chi connectivity index (χ1v) is 6.85. The average Bonchev–Trinajstić information content (AvgIpc) is 2.74. The molecule has 0 unspecified atom stereocenters. The van der Waals surface area contributed by atoms with Gasteiger partial charge in [-0.3, -0.25) is 10.1 Å². The molecule has 0 saturated carbocycles. The minimum atomic E-state index is -0.0959. The monoisotopic (exact) mass is 276 g/mol. The van der Waals surface area contributed by atoms with Crippen LogP contribution in [0.1, 0.15) is 12.6 Å². The fourth-order valence-electron chi connectivity index (χ4n) is 1.83. The van der Waals surface area contributed by atoms with Gasteiger partial charge in [0.05, 0.1) is 11.2 Å². The molecule has 5 N–H and O–H groups in total. The maximum absolute atomic E-state index is 7.61. The zero-order valence-electron chi connectivity index (χ0n) is 10.6. The van der Waals surface area contributed by atoms with Crippen LogP contribution < -0.4 is 11.5 Å². The lowest BCUT2D eigenvalue weighted by molar-refractivity contribution is 0.675. The van der Waals surface area contributed by atoms with Crippen LogP contribution in [-0.2, 0) is 12.3 Å². The molecule has 0 amide bonds. The second-order valence-corrected chi connectivity index (χ2v) is 4.87. The SMILES string of the molecule is CCn1nc(CSC(=N)N=C(N)N)c2ccccc21. The molecule has 2 aromatic rings. The first-order chi connectivity index (χ1) is 9.11. The fraction of sp³-hybridized carbons (Fsp3) is 0.250. The summed E-state index contributed by atoms with van der Waals surface area (Å²) in [6.45, 7) is 2.87. The predicted octanol–water partition coefficient (Wildman–Crippen LogP) is 1.50. The van der Waals surface area contributed by atoms with E-state index in [1.54, 1.807) is 0 Å². The number of nitrogens with two attached hydrogens (primary N) is 2. The van der Waals surface area contributed by atoms with Crippen molar-refractivity contribution in [2.75, 3.05) is 0 Å². The van der Waals surface area contributed by atoms with Crippen LogP contribution in [0.15, 0.2) is 29.3 Å². The van der Waals surface area contributed by atoms with Crippen LogP contribution >= 0.6 is 11.8 Å².